The van der Waals surface area contributed by atoms with Crippen LogP contribution in [0.4, 0.5) is 5.69 Å². The molecule has 0 aromatic heterocycles. The molecule has 2 aliphatic rings. The molecule has 0 fully saturated rings. The predicted molar refractivity (Wildman–Crippen MR) is 106 cm³/mol. The third-order valence-corrected chi connectivity index (χ3v) is 5.31. The molecule has 1 atom stereocenters. The summed E-state index contributed by atoms with van der Waals surface area (Å²) in [6, 6.07) is 15.5. The lowest BCUT2D eigenvalue weighted by molar-refractivity contribution is -0.136. The molecule has 5 nitrogen and oxygen atoms in total. The van der Waals surface area contributed by atoms with E-state index in [0.29, 0.717) is 17.9 Å². The van der Waals surface area contributed by atoms with Crippen LogP contribution < -0.4 is 9.64 Å². The Labute approximate surface area is 164 Å². The van der Waals surface area contributed by atoms with Gasteiger partial charge >= 0.3 is 5.97 Å². The van der Waals surface area contributed by atoms with Gasteiger partial charge in [0.1, 0.15) is 12.4 Å². The standard InChI is InChI=1S/C23H23NO4/c1-3-15-5-9-17(10-6-15)24-20-14-28-23(26)22(20)19(13-21(24)25)16-7-11-18(12-8-16)27-4-2/h5-12,19H,3-4,13-14H2,1-2H3/t19-/m0/s1. The van der Waals surface area contributed by atoms with Crippen LogP contribution in [0.5, 0.6) is 5.75 Å². The Bertz CT molecular complexity index is 928. The highest BCUT2D eigenvalue weighted by molar-refractivity contribution is 6.06. The van der Waals surface area contributed by atoms with Crippen LogP contribution in [0.3, 0.4) is 0 Å². The zero-order chi connectivity index (χ0) is 19.7. The summed E-state index contributed by atoms with van der Waals surface area (Å²) >= 11 is 0. The average Bonchev–Trinajstić information content (AvgIpc) is 3.10. The van der Waals surface area contributed by atoms with E-state index in [9.17, 15) is 9.59 Å². The van der Waals surface area contributed by atoms with E-state index in [4.69, 9.17) is 9.47 Å². The van der Waals surface area contributed by atoms with Gasteiger partial charge in [0.15, 0.2) is 0 Å². The van der Waals surface area contributed by atoms with Crippen molar-refractivity contribution in [3.05, 3.63) is 70.9 Å². The molecule has 2 aromatic rings. The van der Waals surface area contributed by atoms with Gasteiger partial charge < -0.3 is 9.47 Å². The first kappa shape index (κ1) is 18.3. The van der Waals surface area contributed by atoms with Gasteiger partial charge in [-0.15, -0.1) is 0 Å². The highest BCUT2D eigenvalue weighted by Gasteiger charge is 2.42. The average molecular weight is 377 g/mol. The molecule has 4 rings (SSSR count). The van der Waals surface area contributed by atoms with E-state index < -0.39 is 0 Å². The maximum Gasteiger partial charge on any atom is 0.336 e. The highest BCUT2D eigenvalue weighted by Crippen LogP contribution is 2.42. The van der Waals surface area contributed by atoms with Crippen LogP contribution in [0.15, 0.2) is 59.8 Å². The maximum absolute atomic E-state index is 13.1. The number of hydrogen-bond acceptors (Lipinski definition) is 4. The van der Waals surface area contributed by atoms with Crippen LogP contribution >= 0.6 is 0 Å². The summed E-state index contributed by atoms with van der Waals surface area (Å²) in [4.78, 5) is 27.2. The molecule has 0 N–H and O–H groups in total. The maximum atomic E-state index is 13.1. The van der Waals surface area contributed by atoms with Crippen molar-refractivity contribution in [2.75, 3.05) is 18.1 Å². The quantitative estimate of drug-likeness (QED) is 0.740. The minimum atomic E-state index is -0.337. The molecule has 0 saturated heterocycles. The Morgan fingerprint density at radius 2 is 1.75 bits per heavy atom. The Morgan fingerprint density at radius 1 is 1.04 bits per heavy atom. The normalized spacial score (nSPS) is 18.9. The number of nitrogens with zero attached hydrogens (tertiary/aromatic N) is 1. The first-order chi connectivity index (χ1) is 13.6. The Kier molecular flexibility index (Phi) is 4.90. The van der Waals surface area contributed by atoms with Gasteiger partial charge in [-0.2, -0.15) is 0 Å². The molecule has 0 aliphatic carbocycles. The lowest BCUT2D eigenvalue weighted by atomic mass is 9.84. The molecule has 2 heterocycles. The number of carbonyl (C=O) groups excluding carboxylic acids is 2. The minimum Gasteiger partial charge on any atom is -0.494 e. The van der Waals surface area contributed by atoms with E-state index in [2.05, 4.69) is 6.92 Å². The molecule has 0 spiro atoms. The monoisotopic (exact) mass is 377 g/mol. The number of amides is 1. The summed E-state index contributed by atoms with van der Waals surface area (Å²) in [5.74, 6) is 0.116. The van der Waals surface area contributed by atoms with Gasteiger partial charge in [-0.05, 0) is 48.7 Å². The summed E-state index contributed by atoms with van der Waals surface area (Å²) < 4.78 is 10.8. The second-order valence-electron chi connectivity index (χ2n) is 6.94. The van der Waals surface area contributed by atoms with Crippen molar-refractivity contribution in [2.24, 2.45) is 0 Å². The van der Waals surface area contributed by atoms with Gasteiger partial charge in [-0.1, -0.05) is 31.2 Å². The SMILES string of the molecule is CCOc1ccc([C@@H]2CC(=O)N(c3ccc(CC)cc3)C3=C2C(=O)OC3)cc1. The van der Waals surface area contributed by atoms with Crippen LogP contribution in [-0.4, -0.2) is 25.1 Å². The van der Waals surface area contributed by atoms with E-state index >= 15 is 0 Å². The Morgan fingerprint density at radius 3 is 2.39 bits per heavy atom. The number of hydrogen-bond donors (Lipinski definition) is 0. The van der Waals surface area contributed by atoms with Crippen molar-refractivity contribution >= 4 is 17.6 Å². The fourth-order valence-corrected chi connectivity index (χ4v) is 3.88. The molecule has 0 unspecified atom stereocenters. The Balaban J connectivity index is 1.72. The summed E-state index contributed by atoms with van der Waals surface area (Å²) in [5.41, 5.74) is 4.14. The Hall–Kier alpha value is -3.08. The molecular formula is C23H23NO4. The van der Waals surface area contributed by atoms with Crippen LogP contribution in [0.25, 0.3) is 0 Å². The van der Waals surface area contributed by atoms with Gasteiger partial charge in [0.25, 0.3) is 0 Å². The van der Waals surface area contributed by atoms with E-state index in [0.717, 1.165) is 23.4 Å². The number of ether oxygens (including phenoxy) is 2. The van der Waals surface area contributed by atoms with E-state index in [1.807, 2.05) is 55.5 Å². The summed E-state index contributed by atoms with van der Waals surface area (Å²) in [6.07, 6.45) is 1.17. The molecule has 0 radical (unpaired) electrons. The number of rotatable bonds is 5. The first-order valence-electron chi connectivity index (χ1n) is 9.67. The first-order valence-corrected chi connectivity index (χ1v) is 9.67. The molecule has 1 amide bonds. The smallest absolute Gasteiger partial charge is 0.336 e. The van der Waals surface area contributed by atoms with E-state index in [1.54, 1.807) is 4.90 Å². The van der Waals surface area contributed by atoms with E-state index in [-0.39, 0.29) is 30.8 Å². The van der Waals surface area contributed by atoms with Crippen molar-refractivity contribution < 1.29 is 19.1 Å². The number of esters is 1. The van der Waals surface area contributed by atoms with Crippen molar-refractivity contribution in [1.82, 2.24) is 0 Å². The molecule has 5 heteroatoms. The third-order valence-electron chi connectivity index (χ3n) is 5.31. The van der Waals surface area contributed by atoms with Crippen LogP contribution in [0, 0.1) is 0 Å². The predicted octanol–water partition coefficient (Wildman–Crippen LogP) is 3.98. The largest absolute Gasteiger partial charge is 0.494 e. The van der Waals surface area contributed by atoms with Crippen molar-refractivity contribution in [3.8, 4) is 5.75 Å². The van der Waals surface area contributed by atoms with Crippen LogP contribution in [-0.2, 0) is 20.7 Å². The number of carbonyl (C=O) groups is 2. The molecule has 28 heavy (non-hydrogen) atoms. The number of benzene rings is 2. The van der Waals surface area contributed by atoms with Crippen molar-refractivity contribution in [3.63, 3.8) is 0 Å². The van der Waals surface area contributed by atoms with Crippen molar-refractivity contribution in [1.29, 1.82) is 0 Å². The molecular weight excluding hydrogens is 354 g/mol. The zero-order valence-electron chi connectivity index (χ0n) is 16.1. The molecule has 0 bridgehead atoms. The fourth-order valence-electron chi connectivity index (χ4n) is 3.88. The van der Waals surface area contributed by atoms with Gasteiger partial charge in [-0.3, -0.25) is 9.69 Å². The molecule has 2 aliphatic heterocycles. The molecule has 0 saturated carbocycles. The van der Waals surface area contributed by atoms with Crippen LogP contribution in [0.1, 0.15) is 37.3 Å². The summed E-state index contributed by atoms with van der Waals surface area (Å²) in [7, 11) is 0. The fraction of sp³-hybridized carbons (Fsp3) is 0.304. The second-order valence-corrected chi connectivity index (χ2v) is 6.94. The number of aryl methyl sites for hydroxylation is 1. The lowest BCUT2D eigenvalue weighted by Crippen LogP contribution is -2.37. The topological polar surface area (TPSA) is 55.8 Å². The summed E-state index contributed by atoms with van der Waals surface area (Å²) in [5, 5.41) is 0. The van der Waals surface area contributed by atoms with Gasteiger partial charge in [-0.25, -0.2) is 4.79 Å². The zero-order valence-corrected chi connectivity index (χ0v) is 16.1. The molecule has 2 aromatic carbocycles. The molecule has 144 valence electrons. The third kappa shape index (κ3) is 3.17. The number of anilines is 1. The highest BCUT2D eigenvalue weighted by atomic mass is 16.5. The van der Waals surface area contributed by atoms with Gasteiger partial charge in [0, 0.05) is 18.0 Å². The second kappa shape index (κ2) is 7.50. The number of cyclic esters (lactones) is 1. The summed E-state index contributed by atoms with van der Waals surface area (Å²) in [6.45, 7) is 4.74. The minimum absolute atomic E-state index is 0.0276. The van der Waals surface area contributed by atoms with Crippen LogP contribution in [0.2, 0.25) is 0 Å². The lowest BCUT2D eigenvalue weighted by Gasteiger charge is -2.32. The van der Waals surface area contributed by atoms with Gasteiger partial charge in [0.05, 0.1) is 17.9 Å². The van der Waals surface area contributed by atoms with E-state index in [1.165, 1.54) is 5.56 Å². The van der Waals surface area contributed by atoms with Gasteiger partial charge in [0.2, 0.25) is 5.91 Å². The van der Waals surface area contributed by atoms with Crippen molar-refractivity contribution in [2.45, 2.75) is 32.6 Å².